The summed E-state index contributed by atoms with van der Waals surface area (Å²) in [6.45, 7) is -4.30. The van der Waals surface area contributed by atoms with Crippen molar-refractivity contribution >= 4 is 20.2 Å². The van der Waals surface area contributed by atoms with Gasteiger partial charge in [-0.2, -0.15) is 34.4 Å². The van der Waals surface area contributed by atoms with Gasteiger partial charge < -0.3 is 0 Å². The Morgan fingerprint density at radius 2 is 1.06 bits per heavy atom. The first kappa shape index (κ1) is 14.6. The molecule has 12 heteroatoms. The van der Waals surface area contributed by atoms with Gasteiger partial charge in [-0.3, -0.25) is 8.37 Å². The summed E-state index contributed by atoms with van der Waals surface area (Å²) in [5.41, 5.74) is 0. The first-order chi connectivity index (χ1) is 7.37. The van der Waals surface area contributed by atoms with Crippen LogP contribution in [0.1, 0.15) is 0 Å². The van der Waals surface area contributed by atoms with Gasteiger partial charge in [0, 0.05) is 0 Å². The molecule has 0 bridgehead atoms. The molecule has 0 aliphatic carbocycles. The number of halogens is 4. The third-order valence-corrected chi connectivity index (χ3v) is 4.93. The van der Waals surface area contributed by atoms with Crippen LogP contribution in [0.3, 0.4) is 0 Å². The van der Waals surface area contributed by atoms with Crippen LogP contribution in [-0.4, -0.2) is 47.0 Å². The highest BCUT2D eigenvalue weighted by Gasteiger charge is 2.58. The summed E-state index contributed by atoms with van der Waals surface area (Å²) in [6.07, 6.45) is 0. The topological polar surface area (TPSA) is 86.7 Å². The Bertz CT molecular complexity index is 448. The maximum Gasteiger partial charge on any atom is 0.336 e. The van der Waals surface area contributed by atoms with Gasteiger partial charge in [0.25, 0.3) is 20.2 Å². The first-order valence-electron chi connectivity index (χ1n) is 3.87. The van der Waals surface area contributed by atoms with Gasteiger partial charge in [-0.05, 0) is 0 Å². The van der Waals surface area contributed by atoms with Crippen LogP contribution >= 0.6 is 0 Å². The normalized spacial score (nSPS) is 30.8. The average molecular weight is 302 g/mol. The quantitative estimate of drug-likeness (QED) is 0.459. The predicted molar refractivity (Wildman–Crippen MR) is 44.5 cm³/mol. The van der Waals surface area contributed by atoms with Crippen molar-refractivity contribution in [1.82, 2.24) is 0 Å². The van der Waals surface area contributed by atoms with Gasteiger partial charge in [0.1, 0.15) is 13.2 Å². The lowest BCUT2D eigenvalue weighted by atomic mass is 10.2. The number of rotatable bonds is 0. The van der Waals surface area contributed by atoms with Gasteiger partial charge >= 0.3 is 11.8 Å². The highest BCUT2D eigenvalue weighted by molar-refractivity contribution is 8.03. The van der Waals surface area contributed by atoms with E-state index in [2.05, 4.69) is 8.37 Å². The molecule has 0 N–H and O–H groups in total. The molecule has 102 valence electrons. The molecule has 17 heavy (non-hydrogen) atoms. The van der Waals surface area contributed by atoms with Crippen molar-refractivity contribution in [3.8, 4) is 0 Å². The highest BCUT2D eigenvalue weighted by Crippen LogP contribution is 2.36. The number of alkyl halides is 4. The van der Waals surface area contributed by atoms with Gasteiger partial charge in [0.2, 0.25) is 5.08 Å². The van der Waals surface area contributed by atoms with Crippen LogP contribution in [0.4, 0.5) is 17.6 Å². The minimum Gasteiger partial charge on any atom is -0.263 e. The molecule has 0 saturated carbocycles. The van der Waals surface area contributed by atoms with Crippen molar-refractivity contribution in [1.29, 1.82) is 0 Å². The standard InChI is InChI=1S/C5H6F4O6S2/c6-4(7)1-14-16(10,11)3-17(12,13)15-2-5(4,8)9/h1-3H2. The lowest BCUT2D eigenvalue weighted by Crippen LogP contribution is -2.47. The second kappa shape index (κ2) is 4.03. The predicted octanol–water partition coefficient (Wildman–Crippen LogP) is -0.0791. The van der Waals surface area contributed by atoms with Crippen LogP contribution in [0, 0.1) is 0 Å². The molecular formula is C5H6F4O6S2. The fourth-order valence-electron chi connectivity index (χ4n) is 0.784. The van der Waals surface area contributed by atoms with E-state index in [1.54, 1.807) is 0 Å². The molecule has 1 saturated heterocycles. The maximum absolute atomic E-state index is 12.8. The lowest BCUT2D eigenvalue weighted by molar-refractivity contribution is -0.231. The van der Waals surface area contributed by atoms with E-state index >= 15 is 0 Å². The molecule has 1 heterocycles. The number of hydrogen-bond acceptors (Lipinski definition) is 6. The summed E-state index contributed by atoms with van der Waals surface area (Å²) in [5.74, 6) is -9.72. The van der Waals surface area contributed by atoms with E-state index in [9.17, 15) is 34.4 Å². The Hall–Kier alpha value is -0.460. The summed E-state index contributed by atoms with van der Waals surface area (Å²) in [4.78, 5) is 0. The van der Waals surface area contributed by atoms with Crippen molar-refractivity contribution in [2.45, 2.75) is 11.8 Å². The van der Waals surface area contributed by atoms with Crippen molar-refractivity contribution in [3.05, 3.63) is 0 Å². The van der Waals surface area contributed by atoms with Gasteiger partial charge in [0.05, 0.1) is 0 Å². The van der Waals surface area contributed by atoms with Crippen LogP contribution in [0.5, 0.6) is 0 Å². The molecule has 0 radical (unpaired) electrons. The van der Waals surface area contributed by atoms with Crippen molar-refractivity contribution < 1.29 is 42.8 Å². The monoisotopic (exact) mass is 302 g/mol. The van der Waals surface area contributed by atoms with E-state index in [1.807, 2.05) is 0 Å². The molecule has 0 aromatic carbocycles. The third-order valence-electron chi connectivity index (χ3n) is 1.66. The first-order valence-corrected chi connectivity index (χ1v) is 7.02. The summed E-state index contributed by atoms with van der Waals surface area (Å²) in [5, 5.41) is -1.80. The minimum atomic E-state index is -4.92. The van der Waals surface area contributed by atoms with Gasteiger partial charge in [0.15, 0.2) is 0 Å². The van der Waals surface area contributed by atoms with Gasteiger partial charge in [-0.15, -0.1) is 0 Å². The van der Waals surface area contributed by atoms with E-state index in [-0.39, 0.29) is 0 Å². The highest BCUT2D eigenvalue weighted by atomic mass is 32.3. The molecule has 0 aromatic heterocycles. The smallest absolute Gasteiger partial charge is 0.263 e. The van der Waals surface area contributed by atoms with Crippen LogP contribution < -0.4 is 0 Å². The van der Waals surface area contributed by atoms with Crippen molar-refractivity contribution in [2.24, 2.45) is 0 Å². The summed E-state index contributed by atoms with van der Waals surface area (Å²) >= 11 is 0. The molecule has 1 fully saturated rings. The van der Waals surface area contributed by atoms with E-state index in [0.29, 0.717) is 0 Å². The molecule has 0 spiro atoms. The van der Waals surface area contributed by atoms with Crippen LogP contribution in [0.15, 0.2) is 0 Å². The van der Waals surface area contributed by atoms with E-state index in [0.717, 1.165) is 0 Å². The molecule has 0 aromatic rings. The number of hydrogen-bond donors (Lipinski definition) is 0. The molecule has 1 rings (SSSR count). The van der Waals surface area contributed by atoms with Crippen molar-refractivity contribution in [2.75, 3.05) is 18.3 Å². The Labute approximate surface area is 93.8 Å². The molecule has 6 nitrogen and oxygen atoms in total. The Kier molecular flexibility index (Phi) is 3.46. The zero-order chi connectivity index (χ0) is 13.5. The zero-order valence-electron chi connectivity index (χ0n) is 7.90. The minimum absolute atomic E-state index is 1.80. The molecule has 0 atom stereocenters. The Morgan fingerprint density at radius 1 is 0.765 bits per heavy atom. The van der Waals surface area contributed by atoms with Crippen molar-refractivity contribution in [3.63, 3.8) is 0 Å². The molecule has 0 amide bonds. The summed E-state index contributed by atoms with van der Waals surface area (Å²) in [7, 11) is -9.84. The SMILES string of the molecule is O=S1(=O)CS(=O)(=O)OCC(F)(F)C(F)(F)CO1. The average Bonchev–Trinajstić information content (AvgIpc) is 2.11. The third kappa shape index (κ3) is 3.50. The zero-order valence-corrected chi connectivity index (χ0v) is 9.53. The second-order valence-corrected chi connectivity index (χ2v) is 6.81. The van der Waals surface area contributed by atoms with E-state index in [1.165, 1.54) is 0 Å². The van der Waals surface area contributed by atoms with Crippen LogP contribution in [0.2, 0.25) is 0 Å². The van der Waals surface area contributed by atoms with Crippen LogP contribution in [0.25, 0.3) is 0 Å². The van der Waals surface area contributed by atoms with Crippen LogP contribution in [-0.2, 0) is 28.6 Å². The van der Waals surface area contributed by atoms with Gasteiger partial charge in [-0.1, -0.05) is 0 Å². The molecular weight excluding hydrogens is 296 g/mol. The Balaban J connectivity index is 3.16. The molecule has 1 aliphatic rings. The van der Waals surface area contributed by atoms with E-state index in [4.69, 9.17) is 0 Å². The summed E-state index contributed by atoms with van der Waals surface area (Å²) in [6, 6.07) is 0. The van der Waals surface area contributed by atoms with E-state index < -0.39 is 50.4 Å². The second-order valence-electron chi connectivity index (χ2n) is 3.17. The Morgan fingerprint density at radius 3 is 1.35 bits per heavy atom. The largest absolute Gasteiger partial charge is 0.336 e. The maximum atomic E-state index is 12.8. The fraction of sp³-hybridized carbons (Fsp3) is 1.00. The molecule has 1 aliphatic heterocycles. The fourth-order valence-corrected chi connectivity index (χ4v) is 3.40. The summed E-state index contributed by atoms with van der Waals surface area (Å²) < 4.78 is 102. The molecule has 0 unspecified atom stereocenters. The van der Waals surface area contributed by atoms with Gasteiger partial charge in [-0.25, -0.2) is 0 Å². The lowest BCUT2D eigenvalue weighted by Gasteiger charge is -2.23.